The molecule has 0 bridgehead atoms. The Morgan fingerprint density at radius 2 is 1.61 bits per heavy atom. The summed E-state index contributed by atoms with van der Waals surface area (Å²) >= 11 is 0. The highest BCUT2D eigenvalue weighted by molar-refractivity contribution is 5.88. The third-order valence-corrected chi connectivity index (χ3v) is 3.98. The smallest absolute Gasteiger partial charge is 0.320 e. The van der Waals surface area contributed by atoms with Crippen molar-refractivity contribution in [3.63, 3.8) is 0 Å². The molecule has 0 radical (unpaired) electrons. The van der Waals surface area contributed by atoms with Gasteiger partial charge in [-0.1, -0.05) is 12.8 Å². The van der Waals surface area contributed by atoms with E-state index in [1.54, 1.807) is 0 Å². The number of rotatable bonds is 1. The highest BCUT2D eigenvalue weighted by atomic mass is 16.2. The van der Waals surface area contributed by atoms with Gasteiger partial charge in [0.25, 0.3) is 0 Å². The first-order valence-corrected chi connectivity index (χ1v) is 7.09. The third-order valence-electron chi connectivity index (χ3n) is 3.98. The molecule has 18 heavy (non-hydrogen) atoms. The standard InChI is InChI=1S/C13H24N4O/c14-12(15)11-7-3-6-10-17(11)13(18)16-8-4-1-2-5-9-16/h11H,1-10H2,(H3,14,15). The van der Waals surface area contributed by atoms with Crippen molar-refractivity contribution in [1.82, 2.24) is 9.80 Å². The molecule has 2 fully saturated rings. The van der Waals surface area contributed by atoms with Gasteiger partial charge in [0.2, 0.25) is 0 Å². The number of carbonyl (C=O) groups excluding carboxylic acids is 1. The Kier molecular flexibility index (Phi) is 4.44. The molecule has 2 rings (SSSR count). The maximum atomic E-state index is 12.5. The van der Waals surface area contributed by atoms with Crippen molar-refractivity contribution in [2.45, 2.75) is 51.0 Å². The van der Waals surface area contributed by atoms with E-state index in [0.29, 0.717) is 0 Å². The monoisotopic (exact) mass is 252 g/mol. The van der Waals surface area contributed by atoms with Crippen LogP contribution in [0.4, 0.5) is 4.79 Å². The van der Waals surface area contributed by atoms with Crippen LogP contribution in [0, 0.1) is 5.41 Å². The van der Waals surface area contributed by atoms with Crippen molar-refractivity contribution < 1.29 is 4.79 Å². The maximum Gasteiger partial charge on any atom is 0.320 e. The summed E-state index contributed by atoms with van der Waals surface area (Å²) in [6.07, 6.45) is 7.58. The average Bonchev–Trinajstić information content (AvgIpc) is 2.66. The van der Waals surface area contributed by atoms with Crippen LogP contribution in [0.5, 0.6) is 0 Å². The molecule has 1 unspecified atom stereocenters. The summed E-state index contributed by atoms with van der Waals surface area (Å²) in [4.78, 5) is 16.3. The highest BCUT2D eigenvalue weighted by Crippen LogP contribution is 2.20. The SMILES string of the molecule is N=C(N)C1CCCCN1C(=O)N1CCCCCC1. The molecule has 2 aliphatic heterocycles. The molecule has 3 N–H and O–H groups in total. The van der Waals surface area contributed by atoms with Gasteiger partial charge >= 0.3 is 6.03 Å². The fourth-order valence-corrected chi connectivity index (χ4v) is 2.93. The Balaban J connectivity index is 2.02. The van der Waals surface area contributed by atoms with Gasteiger partial charge < -0.3 is 15.5 Å². The van der Waals surface area contributed by atoms with Crippen molar-refractivity contribution in [3.05, 3.63) is 0 Å². The van der Waals surface area contributed by atoms with Crippen molar-refractivity contribution >= 4 is 11.9 Å². The molecule has 0 spiro atoms. The van der Waals surface area contributed by atoms with Crippen LogP contribution in [0.1, 0.15) is 44.9 Å². The van der Waals surface area contributed by atoms with E-state index >= 15 is 0 Å². The summed E-state index contributed by atoms with van der Waals surface area (Å²) in [5.74, 6) is 0.137. The molecule has 5 heteroatoms. The summed E-state index contributed by atoms with van der Waals surface area (Å²) in [7, 11) is 0. The summed E-state index contributed by atoms with van der Waals surface area (Å²) in [6.45, 7) is 2.47. The van der Waals surface area contributed by atoms with Gasteiger partial charge in [-0.25, -0.2) is 4.79 Å². The van der Waals surface area contributed by atoms with Gasteiger partial charge in [-0.3, -0.25) is 5.41 Å². The molecular weight excluding hydrogens is 228 g/mol. The first kappa shape index (κ1) is 13.2. The molecule has 0 aromatic carbocycles. The minimum Gasteiger partial charge on any atom is -0.386 e. The van der Waals surface area contributed by atoms with Gasteiger partial charge in [0, 0.05) is 19.6 Å². The van der Waals surface area contributed by atoms with E-state index in [1.165, 1.54) is 12.8 Å². The van der Waals surface area contributed by atoms with Crippen molar-refractivity contribution in [2.24, 2.45) is 5.73 Å². The molecule has 1 atom stereocenters. The highest BCUT2D eigenvalue weighted by Gasteiger charge is 2.31. The second-order valence-electron chi connectivity index (χ2n) is 5.34. The van der Waals surface area contributed by atoms with E-state index < -0.39 is 0 Å². The van der Waals surface area contributed by atoms with Gasteiger partial charge in [0.1, 0.15) is 5.84 Å². The number of urea groups is 1. The number of hydrogen-bond donors (Lipinski definition) is 2. The fourth-order valence-electron chi connectivity index (χ4n) is 2.93. The van der Waals surface area contributed by atoms with Crippen molar-refractivity contribution in [2.75, 3.05) is 19.6 Å². The number of amides is 2. The van der Waals surface area contributed by atoms with Gasteiger partial charge in [0.05, 0.1) is 6.04 Å². The van der Waals surface area contributed by atoms with Crippen LogP contribution in [0.2, 0.25) is 0 Å². The molecule has 0 aromatic heterocycles. The first-order chi connectivity index (χ1) is 8.70. The lowest BCUT2D eigenvalue weighted by atomic mass is 10.0. The second kappa shape index (κ2) is 6.07. The van der Waals surface area contributed by atoms with E-state index in [2.05, 4.69) is 0 Å². The number of piperidine rings is 1. The normalized spacial score (nSPS) is 25.7. The lowest BCUT2D eigenvalue weighted by molar-refractivity contribution is 0.133. The summed E-state index contributed by atoms with van der Waals surface area (Å²) in [6, 6.07) is -0.0775. The molecule has 2 saturated heterocycles. The Morgan fingerprint density at radius 3 is 2.22 bits per heavy atom. The van der Waals surface area contributed by atoms with Crippen LogP contribution >= 0.6 is 0 Å². The Morgan fingerprint density at radius 1 is 1.00 bits per heavy atom. The number of likely N-dealkylation sites (tertiary alicyclic amines) is 2. The molecular formula is C13H24N4O. The first-order valence-electron chi connectivity index (χ1n) is 7.09. The van der Waals surface area contributed by atoms with E-state index in [4.69, 9.17) is 11.1 Å². The number of hydrogen-bond acceptors (Lipinski definition) is 2. The quantitative estimate of drug-likeness (QED) is 0.551. The summed E-state index contributed by atoms with van der Waals surface area (Å²) in [5, 5.41) is 7.64. The zero-order valence-corrected chi connectivity index (χ0v) is 11.0. The van der Waals surface area contributed by atoms with Gasteiger partial charge in [-0.05, 0) is 32.1 Å². The predicted octanol–water partition coefficient (Wildman–Crippen LogP) is 1.77. The number of carbonyl (C=O) groups is 1. The molecule has 2 amide bonds. The van der Waals surface area contributed by atoms with Crippen LogP contribution in [-0.4, -0.2) is 47.3 Å². The van der Waals surface area contributed by atoms with Gasteiger partial charge in [0.15, 0.2) is 0 Å². The fraction of sp³-hybridized carbons (Fsp3) is 0.846. The van der Waals surface area contributed by atoms with Crippen LogP contribution in [0.25, 0.3) is 0 Å². The zero-order chi connectivity index (χ0) is 13.0. The van der Waals surface area contributed by atoms with Crippen molar-refractivity contribution in [3.8, 4) is 0 Å². The van der Waals surface area contributed by atoms with Gasteiger partial charge in [-0.2, -0.15) is 0 Å². The lowest BCUT2D eigenvalue weighted by Gasteiger charge is -2.38. The minimum atomic E-state index is -0.172. The molecule has 102 valence electrons. The number of nitrogens with one attached hydrogen (secondary N) is 1. The molecule has 2 aliphatic rings. The number of amidine groups is 1. The van der Waals surface area contributed by atoms with Crippen LogP contribution in [0.15, 0.2) is 0 Å². The van der Waals surface area contributed by atoms with Crippen molar-refractivity contribution in [1.29, 1.82) is 5.41 Å². The average molecular weight is 252 g/mol. The molecule has 5 nitrogen and oxygen atoms in total. The van der Waals surface area contributed by atoms with E-state index in [0.717, 1.165) is 51.7 Å². The second-order valence-corrected chi connectivity index (χ2v) is 5.34. The molecule has 0 aromatic rings. The molecule has 0 aliphatic carbocycles. The zero-order valence-electron chi connectivity index (χ0n) is 11.0. The van der Waals surface area contributed by atoms with Crippen LogP contribution < -0.4 is 5.73 Å². The van der Waals surface area contributed by atoms with Crippen LogP contribution in [-0.2, 0) is 0 Å². The Labute approximate surface area is 109 Å². The largest absolute Gasteiger partial charge is 0.386 e. The summed E-state index contributed by atoms with van der Waals surface area (Å²) < 4.78 is 0. The van der Waals surface area contributed by atoms with Gasteiger partial charge in [-0.15, -0.1) is 0 Å². The Bertz CT molecular complexity index is 310. The Hall–Kier alpha value is -1.26. The molecule has 2 heterocycles. The topological polar surface area (TPSA) is 73.4 Å². The lowest BCUT2D eigenvalue weighted by Crippen LogP contribution is -2.54. The maximum absolute atomic E-state index is 12.5. The predicted molar refractivity (Wildman–Crippen MR) is 71.7 cm³/mol. The van der Waals surface area contributed by atoms with Crippen LogP contribution in [0.3, 0.4) is 0 Å². The molecule has 0 saturated carbocycles. The number of nitrogens with zero attached hydrogens (tertiary/aromatic N) is 2. The van der Waals surface area contributed by atoms with E-state index in [1.807, 2.05) is 9.80 Å². The number of nitrogens with two attached hydrogens (primary N) is 1. The van der Waals surface area contributed by atoms with E-state index in [9.17, 15) is 4.79 Å². The minimum absolute atomic E-state index is 0.0943. The van der Waals surface area contributed by atoms with E-state index in [-0.39, 0.29) is 17.9 Å². The summed E-state index contributed by atoms with van der Waals surface area (Å²) in [5.41, 5.74) is 5.63. The third kappa shape index (κ3) is 2.94.